The quantitative estimate of drug-likeness (QED) is 0.533. The number of hydrogen-bond donors (Lipinski definition) is 0. The second-order valence-corrected chi connectivity index (χ2v) is 7.11. The van der Waals surface area contributed by atoms with Crippen LogP contribution in [0.5, 0.6) is 0 Å². The second-order valence-electron chi connectivity index (χ2n) is 7.11. The second kappa shape index (κ2) is 5.78. The summed E-state index contributed by atoms with van der Waals surface area (Å²) in [5.41, 5.74) is 4.89. The normalized spacial score (nSPS) is 12.3. The van der Waals surface area contributed by atoms with Crippen LogP contribution in [-0.4, -0.2) is 22.9 Å². The molecular formula is C22H24N2O. The number of aryl methyl sites for hydroxylation is 2. The molecule has 0 atom stereocenters. The molecule has 0 aliphatic rings. The van der Waals surface area contributed by atoms with E-state index in [-0.39, 0.29) is 5.41 Å². The first-order valence-corrected chi connectivity index (χ1v) is 8.64. The third kappa shape index (κ3) is 2.30. The maximum atomic E-state index is 5.71. The molecule has 0 amide bonds. The van der Waals surface area contributed by atoms with Gasteiger partial charge in [0.25, 0.3) is 0 Å². The van der Waals surface area contributed by atoms with Crippen molar-refractivity contribution in [2.24, 2.45) is 14.1 Å². The maximum Gasteiger partial charge on any atom is 0.0598 e. The number of nitrogens with zero attached hydrogens (tertiary/aromatic N) is 2. The first-order valence-electron chi connectivity index (χ1n) is 8.64. The molecule has 2 heterocycles. The van der Waals surface area contributed by atoms with Gasteiger partial charge in [-0.2, -0.15) is 0 Å². The smallest absolute Gasteiger partial charge is 0.0598 e. The van der Waals surface area contributed by atoms with Crippen molar-refractivity contribution in [2.45, 2.75) is 12.3 Å². The zero-order valence-electron chi connectivity index (χ0n) is 15.3. The number of ether oxygens (including phenoxy) is 1. The minimum Gasteiger partial charge on any atom is -0.383 e. The highest BCUT2D eigenvalue weighted by atomic mass is 16.5. The molecule has 0 fully saturated rings. The third-order valence-corrected chi connectivity index (χ3v) is 5.42. The molecule has 0 N–H and O–H groups in total. The highest BCUT2D eigenvalue weighted by Gasteiger charge is 2.34. The van der Waals surface area contributed by atoms with E-state index in [9.17, 15) is 0 Å². The van der Waals surface area contributed by atoms with Crippen molar-refractivity contribution in [3.63, 3.8) is 0 Å². The Balaban J connectivity index is 2.04. The molecule has 0 radical (unpaired) electrons. The van der Waals surface area contributed by atoms with Crippen LogP contribution >= 0.6 is 0 Å². The number of benzene rings is 2. The van der Waals surface area contributed by atoms with E-state index >= 15 is 0 Å². The standard InChI is InChI=1S/C22H24N2O/c1-22(15-25-4,18-13-23(2)20-11-7-5-9-16(18)20)19-14-24(3)21-12-8-6-10-17(19)21/h5-14H,15H2,1-4H3. The topological polar surface area (TPSA) is 19.1 Å². The summed E-state index contributed by atoms with van der Waals surface area (Å²) in [5, 5.41) is 2.58. The molecule has 25 heavy (non-hydrogen) atoms. The number of fused-ring (bicyclic) bond motifs is 2. The summed E-state index contributed by atoms with van der Waals surface area (Å²) in [6.07, 6.45) is 4.51. The van der Waals surface area contributed by atoms with Crippen LogP contribution < -0.4 is 0 Å². The van der Waals surface area contributed by atoms with Gasteiger partial charge in [-0.05, 0) is 30.2 Å². The summed E-state index contributed by atoms with van der Waals surface area (Å²) in [4.78, 5) is 0. The van der Waals surface area contributed by atoms with Crippen molar-refractivity contribution in [2.75, 3.05) is 13.7 Å². The van der Waals surface area contributed by atoms with Crippen LogP contribution in [0.2, 0.25) is 0 Å². The SMILES string of the molecule is COCC(C)(c1cn(C)c2ccccc12)c1cn(C)c2ccccc12. The van der Waals surface area contributed by atoms with E-state index in [0.29, 0.717) is 6.61 Å². The number of aromatic nitrogens is 2. The minimum atomic E-state index is -0.226. The van der Waals surface area contributed by atoms with Crippen LogP contribution in [0.15, 0.2) is 60.9 Å². The average Bonchev–Trinajstić information content (AvgIpc) is 3.15. The lowest BCUT2D eigenvalue weighted by Crippen LogP contribution is -2.29. The number of hydrogen-bond acceptors (Lipinski definition) is 1. The predicted molar refractivity (Wildman–Crippen MR) is 104 cm³/mol. The zero-order valence-corrected chi connectivity index (χ0v) is 15.3. The van der Waals surface area contributed by atoms with Gasteiger partial charge in [0.05, 0.1) is 6.61 Å². The molecule has 3 heteroatoms. The Bertz CT molecular complexity index is 974. The molecule has 0 aliphatic carbocycles. The van der Waals surface area contributed by atoms with Gasteiger partial charge >= 0.3 is 0 Å². The van der Waals surface area contributed by atoms with Crippen molar-refractivity contribution >= 4 is 21.8 Å². The van der Waals surface area contributed by atoms with Gasteiger partial charge in [0.15, 0.2) is 0 Å². The van der Waals surface area contributed by atoms with Gasteiger partial charge in [0, 0.05) is 60.8 Å². The fourth-order valence-corrected chi connectivity index (χ4v) is 4.15. The summed E-state index contributed by atoms with van der Waals surface area (Å²) in [6, 6.07) is 17.2. The highest BCUT2D eigenvalue weighted by molar-refractivity contribution is 5.90. The Labute approximate surface area is 148 Å². The maximum absolute atomic E-state index is 5.71. The van der Waals surface area contributed by atoms with Crippen LogP contribution in [0.3, 0.4) is 0 Å². The summed E-state index contributed by atoms with van der Waals surface area (Å²) >= 11 is 0. The molecule has 2 aromatic carbocycles. The summed E-state index contributed by atoms with van der Waals surface area (Å²) < 4.78 is 10.1. The molecular weight excluding hydrogens is 308 g/mol. The third-order valence-electron chi connectivity index (χ3n) is 5.42. The molecule has 0 spiro atoms. The van der Waals surface area contributed by atoms with E-state index in [1.165, 1.54) is 32.9 Å². The van der Waals surface area contributed by atoms with Crippen molar-refractivity contribution < 1.29 is 4.74 Å². The summed E-state index contributed by atoms with van der Waals surface area (Å²) in [5.74, 6) is 0. The molecule has 0 bridgehead atoms. The van der Waals surface area contributed by atoms with Crippen molar-refractivity contribution in [3.8, 4) is 0 Å². The number of rotatable bonds is 4. The Kier molecular flexibility index (Phi) is 3.69. The molecule has 0 aliphatic heterocycles. The van der Waals surface area contributed by atoms with Crippen LogP contribution in [0.4, 0.5) is 0 Å². The van der Waals surface area contributed by atoms with E-state index in [1.54, 1.807) is 7.11 Å². The minimum absolute atomic E-state index is 0.226. The molecule has 4 aromatic rings. The number of para-hydroxylation sites is 2. The van der Waals surface area contributed by atoms with Crippen molar-refractivity contribution in [1.82, 2.24) is 9.13 Å². The van der Waals surface area contributed by atoms with Gasteiger partial charge in [-0.1, -0.05) is 36.4 Å². The van der Waals surface area contributed by atoms with Gasteiger partial charge in [0.2, 0.25) is 0 Å². The van der Waals surface area contributed by atoms with Crippen LogP contribution in [0, 0.1) is 0 Å². The van der Waals surface area contributed by atoms with Crippen molar-refractivity contribution in [3.05, 3.63) is 72.1 Å². The van der Waals surface area contributed by atoms with Gasteiger partial charge < -0.3 is 13.9 Å². The van der Waals surface area contributed by atoms with E-state index in [1.807, 2.05) is 0 Å². The van der Waals surface area contributed by atoms with Gasteiger partial charge in [-0.25, -0.2) is 0 Å². The fraction of sp³-hybridized carbons (Fsp3) is 0.273. The molecule has 3 nitrogen and oxygen atoms in total. The zero-order chi connectivity index (χ0) is 17.6. The lowest BCUT2D eigenvalue weighted by molar-refractivity contribution is 0.156. The lowest BCUT2D eigenvalue weighted by Gasteiger charge is -2.29. The highest BCUT2D eigenvalue weighted by Crippen LogP contribution is 2.41. The number of methoxy groups -OCH3 is 1. The van der Waals surface area contributed by atoms with Crippen LogP contribution in [0.1, 0.15) is 18.1 Å². The van der Waals surface area contributed by atoms with E-state index in [2.05, 4.69) is 91.1 Å². The first kappa shape index (κ1) is 16.0. The molecule has 2 aromatic heterocycles. The monoisotopic (exact) mass is 332 g/mol. The Morgan fingerprint density at radius 2 is 1.24 bits per heavy atom. The van der Waals surface area contributed by atoms with E-state index in [0.717, 1.165) is 0 Å². The molecule has 0 saturated carbocycles. The predicted octanol–water partition coefficient (Wildman–Crippen LogP) is 4.62. The first-order chi connectivity index (χ1) is 12.1. The Morgan fingerprint density at radius 1 is 0.800 bits per heavy atom. The summed E-state index contributed by atoms with van der Waals surface area (Å²) in [7, 11) is 6.01. The average molecular weight is 332 g/mol. The molecule has 128 valence electrons. The Morgan fingerprint density at radius 3 is 1.68 bits per heavy atom. The molecule has 0 unspecified atom stereocenters. The van der Waals surface area contributed by atoms with Gasteiger partial charge in [-0.3, -0.25) is 0 Å². The van der Waals surface area contributed by atoms with E-state index < -0.39 is 0 Å². The van der Waals surface area contributed by atoms with E-state index in [4.69, 9.17) is 4.74 Å². The van der Waals surface area contributed by atoms with Crippen molar-refractivity contribution in [1.29, 1.82) is 0 Å². The summed E-state index contributed by atoms with van der Waals surface area (Å²) in [6.45, 7) is 2.93. The van der Waals surface area contributed by atoms with Gasteiger partial charge in [-0.15, -0.1) is 0 Å². The molecule has 4 rings (SSSR count). The Hall–Kier alpha value is -2.52. The molecule has 0 saturated heterocycles. The fourth-order valence-electron chi connectivity index (χ4n) is 4.15. The largest absolute Gasteiger partial charge is 0.383 e. The van der Waals surface area contributed by atoms with Crippen LogP contribution in [0.25, 0.3) is 21.8 Å². The lowest BCUT2D eigenvalue weighted by atomic mass is 9.76. The van der Waals surface area contributed by atoms with Gasteiger partial charge in [0.1, 0.15) is 0 Å². The van der Waals surface area contributed by atoms with Crippen LogP contribution in [-0.2, 0) is 24.2 Å².